The van der Waals surface area contributed by atoms with E-state index in [0.717, 1.165) is 0 Å². The lowest BCUT2D eigenvalue weighted by molar-refractivity contribution is -0.386. The molecule has 4 saturated carbocycles. The summed E-state index contributed by atoms with van der Waals surface area (Å²) in [6.07, 6.45) is -16.7. The summed E-state index contributed by atoms with van der Waals surface area (Å²) in [5.74, 6) is -18.7. The second-order valence-corrected chi connectivity index (χ2v) is 10.1. The molecule has 4 aliphatic carbocycles. The van der Waals surface area contributed by atoms with Crippen molar-refractivity contribution >= 4 is 11.9 Å². The van der Waals surface area contributed by atoms with Crippen molar-refractivity contribution in [3.63, 3.8) is 0 Å². The molecule has 2 unspecified atom stereocenters. The third kappa shape index (κ3) is 3.84. The summed E-state index contributed by atoms with van der Waals surface area (Å²) in [6.45, 7) is -3.49. The highest BCUT2D eigenvalue weighted by Gasteiger charge is 2.76. The molecule has 36 heavy (non-hydrogen) atoms. The van der Waals surface area contributed by atoms with Crippen LogP contribution in [0.3, 0.4) is 0 Å². The van der Waals surface area contributed by atoms with E-state index in [-0.39, 0.29) is 19.3 Å². The van der Waals surface area contributed by atoms with E-state index in [2.05, 4.69) is 4.74 Å². The fourth-order valence-electron chi connectivity index (χ4n) is 6.29. The molecule has 0 radical (unpaired) electrons. The molecule has 5 fully saturated rings. The van der Waals surface area contributed by atoms with Crippen LogP contribution in [-0.4, -0.2) is 60.7 Å². The molecule has 6 nitrogen and oxygen atoms in total. The lowest BCUT2D eigenvalue weighted by Gasteiger charge is -2.63. The zero-order chi connectivity index (χ0) is 27.2. The first-order chi connectivity index (χ1) is 16.2. The van der Waals surface area contributed by atoms with Gasteiger partial charge in [-0.15, -0.1) is 0 Å². The van der Waals surface area contributed by atoms with Gasteiger partial charge in [-0.25, -0.2) is 0 Å². The highest BCUT2D eigenvalue weighted by Crippen LogP contribution is 2.66. The van der Waals surface area contributed by atoms with E-state index in [9.17, 15) is 58.6 Å². The van der Waals surface area contributed by atoms with Crippen LogP contribution >= 0.6 is 0 Å². The van der Waals surface area contributed by atoms with Crippen molar-refractivity contribution in [2.24, 2.45) is 23.2 Å². The lowest BCUT2D eigenvalue weighted by atomic mass is 9.47. The fourth-order valence-corrected chi connectivity index (χ4v) is 6.29. The van der Waals surface area contributed by atoms with Gasteiger partial charge in [-0.3, -0.25) is 4.79 Å². The van der Waals surface area contributed by atoms with Crippen LogP contribution in [0.1, 0.15) is 38.5 Å². The Morgan fingerprint density at radius 3 is 1.67 bits per heavy atom. The van der Waals surface area contributed by atoms with E-state index in [4.69, 9.17) is 9.47 Å². The number of carbonyl (C=O) groups excluding carboxylic acids is 2. The molecule has 0 aromatic carbocycles. The summed E-state index contributed by atoms with van der Waals surface area (Å²) in [4.78, 5) is 23.8. The molecule has 2 atom stereocenters. The van der Waals surface area contributed by atoms with Crippen molar-refractivity contribution in [1.29, 1.82) is 0 Å². The van der Waals surface area contributed by atoms with E-state index in [1.165, 1.54) is 0 Å². The van der Waals surface area contributed by atoms with Gasteiger partial charge in [0.1, 0.15) is 13.2 Å². The van der Waals surface area contributed by atoms with Gasteiger partial charge < -0.3 is 24.1 Å². The number of aliphatic carboxylic acids is 1. The number of alkyl halides is 10. The van der Waals surface area contributed by atoms with Gasteiger partial charge in [0.25, 0.3) is 0 Å². The number of carbonyl (C=O) groups is 2. The minimum atomic E-state index is -6.38. The average molecular weight is 545 g/mol. The second-order valence-electron chi connectivity index (χ2n) is 10.1. The highest BCUT2D eigenvalue weighted by molar-refractivity contribution is 5.79. The Morgan fingerprint density at radius 1 is 0.833 bits per heavy atom. The maximum atomic E-state index is 13.9. The predicted molar refractivity (Wildman–Crippen MR) is 91.1 cm³/mol. The van der Waals surface area contributed by atoms with Crippen LogP contribution in [0.25, 0.3) is 0 Å². The van der Waals surface area contributed by atoms with Crippen LogP contribution in [0, 0.1) is 23.2 Å². The Balaban J connectivity index is 1.66. The number of rotatable bonds is 4. The van der Waals surface area contributed by atoms with E-state index in [1.807, 2.05) is 0 Å². The molecule has 206 valence electrons. The molecule has 16 heteroatoms. The Morgan fingerprint density at radius 2 is 1.28 bits per heavy atom. The van der Waals surface area contributed by atoms with Crippen molar-refractivity contribution in [3.8, 4) is 0 Å². The second kappa shape index (κ2) is 7.84. The van der Waals surface area contributed by atoms with Crippen LogP contribution in [0.2, 0.25) is 0 Å². The number of esters is 1. The largest absolute Gasteiger partial charge is 0.550 e. The molecule has 1 spiro atoms. The summed E-state index contributed by atoms with van der Waals surface area (Å²) in [6, 6.07) is 0. The third-order valence-electron chi connectivity index (χ3n) is 7.83. The number of halogens is 10. The van der Waals surface area contributed by atoms with E-state index in [1.54, 1.807) is 0 Å². The monoisotopic (exact) mass is 545 g/mol. The van der Waals surface area contributed by atoms with Crippen LogP contribution in [-0.2, 0) is 23.8 Å². The number of ether oxygens (including phenoxy) is 3. The maximum Gasteiger partial charge on any atom is 0.437 e. The first kappa shape index (κ1) is 27.2. The normalized spacial score (nSPS) is 34.9. The van der Waals surface area contributed by atoms with Crippen molar-refractivity contribution in [2.45, 2.75) is 74.1 Å². The standard InChI is InChI=1S/C20H20F10O6/c21-16(22)7-34-18(35-8-17(16,23)24)10-1-9-2-11(18)5-14(3-9,4-10)13(33)36-15(6-12(31)32,19(25,26)27)20(28,29)30/h9-11H,1-8H2,(H,31,32)/p-1. The summed E-state index contributed by atoms with van der Waals surface area (Å²) >= 11 is 0. The molecule has 1 saturated heterocycles. The Kier molecular flexibility index (Phi) is 5.92. The van der Waals surface area contributed by atoms with Gasteiger partial charge in [0.05, 0.1) is 5.41 Å². The van der Waals surface area contributed by atoms with Crippen molar-refractivity contribution < 1.29 is 72.8 Å². The summed E-state index contributed by atoms with van der Waals surface area (Å²) in [5.41, 5.74) is -7.38. The maximum absolute atomic E-state index is 13.9. The van der Waals surface area contributed by atoms with Crippen LogP contribution < -0.4 is 5.11 Å². The van der Waals surface area contributed by atoms with Crippen LogP contribution in [0.15, 0.2) is 0 Å². The van der Waals surface area contributed by atoms with Crippen LogP contribution in [0.4, 0.5) is 43.9 Å². The summed E-state index contributed by atoms with van der Waals surface area (Å²) < 4.78 is 151. The summed E-state index contributed by atoms with van der Waals surface area (Å²) in [5, 5.41) is 10.8. The Labute approximate surface area is 196 Å². The molecule has 5 rings (SSSR count). The number of hydrogen-bond donors (Lipinski definition) is 0. The van der Waals surface area contributed by atoms with Gasteiger partial charge in [-0.05, 0) is 38.0 Å². The van der Waals surface area contributed by atoms with E-state index < -0.39 is 103 Å². The highest BCUT2D eigenvalue weighted by atomic mass is 19.4. The molecular formula is C20H19F10O6-. The van der Waals surface area contributed by atoms with Gasteiger partial charge in [0, 0.05) is 24.2 Å². The molecule has 1 aliphatic heterocycles. The van der Waals surface area contributed by atoms with Gasteiger partial charge in [-0.2, -0.15) is 43.9 Å². The fraction of sp³-hybridized carbons (Fsp3) is 0.900. The van der Waals surface area contributed by atoms with Gasteiger partial charge >= 0.3 is 35.8 Å². The van der Waals surface area contributed by atoms with Crippen molar-refractivity contribution in [3.05, 3.63) is 0 Å². The van der Waals surface area contributed by atoms with Crippen molar-refractivity contribution in [2.75, 3.05) is 13.2 Å². The molecular weight excluding hydrogens is 526 g/mol. The van der Waals surface area contributed by atoms with Gasteiger partial charge in [0.2, 0.25) is 0 Å². The Bertz CT molecular complexity index is 879. The van der Waals surface area contributed by atoms with Gasteiger partial charge in [-0.1, -0.05) is 0 Å². The smallest absolute Gasteiger partial charge is 0.437 e. The molecule has 1 heterocycles. The minimum Gasteiger partial charge on any atom is -0.550 e. The zero-order valence-electron chi connectivity index (χ0n) is 18.1. The molecule has 5 aliphatic rings. The summed E-state index contributed by atoms with van der Waals surface area (Å²) in [7, 11) is 0. The zero-order valence-corrected chi connectivity index (χ0v) is 18.1. The molecule has 0 aromatic heterocycles. The van der Waals surface area contributed by atoms with Gasteiger partial charge in [0.15, 0.2) is 5.79 Å². The van der Waals surface area contributed by atoms with E-state index >= 15 is 0 Å². The first-order valence-electron chi connectivity index (χ1n) is 10.8. The predicted octanol–water partition coefficient (Wildman–Crippen LogP) is 3.37. The van der Waals surface area contributed by atoms with E-state index in [0.29, 0.717) is 0 Å². The van der Waals surface area contributed by atoms with Crippen molar-refractivity contribution in [1.82, 2.24) is 0 Å². The quantitative estimate of drug-likeness (QED) is 0.398. The molecule has 4 bridgehead atoms. The SMILES string of the molecule is O=C([O-])CC(OC(=O)C12CC3CC(C1)C1(OCC(F)(F)C(F)(F)CO1)C(C3)C2)(C(F)(F)F)C(F)(F)F. The Hall–Kier alpha value is -1.84. The van der Waals surface area contributed by atoms with Crippen LogP contribution in [0.5, 0.6) is 0 Å². The third-order valence-corrected chi connectivity index (χ3v) is 7.83. The molecule has 0 N–H and O–H groups in total. The molecule has 0 amide bonds. The first-order valence-corrected chi connectivity index (χ1v) is 10.8. The lowest BCUT2D eigenvalue weighted by Crippen LogP contribution is -2.67. The number of hydrogen-bond acceptors (Lipinski definition) is 6. The topological polar surface area (TPSA) is 84.9 Å². The molecule has 0 aromatic rings. The minimum absolute atomic E-state index is 0.0748. The number of carboxylic acids is 1. The number of carboxylic acid groups (broad SMARTS) is 1. The average Bonchev–Trinajstić information content (AvgIpc) is 2.78.